The number of piperazine rings is 1. The molecule has 1 rings (SSSR count). The van der Waals surface area contributed by atoms with Crippen LogP contribution in [0.1, 0.15) is 20.8 Å². The number of carbonyl (C=O) groups excluding carboxylic acids is 2. The molecule has 6 heteroatoms. The first-order chi connectivity index (χ1) is 6.91. The third-order valence-corrected chi connectivity index (χ3v) is 2.45. The maximum atomic E-state index is 11.3. The average molecular weight is 229 g/mol. The van der Waals surface area contributed by atoms with Crippen LogP contribution in [0.15, 0.2) is 0 Å². The molecule has 5 nitrogen and oxygen atoms in total. The molecule has 0 aromatic rings. The zero-order chi connectivity index (χ0) is 11.6. The Morgan fingerprint density at radius 2 is 2.20 bits per heavy atom. The number of amides is 2. The summed E-state index contributed by atoms with van der Waals surface area (Å²) >= 11 is 5.12. The topological polar surface area (TPSA) is 61.4 Å². The third-order valence-electron chi connectivity index (χ3n) is 2.10. The van der Waals surface area contributed by atoms with E-state index in [1.54, 1.807) is 11.8 Å². The van der Waals surface area contributed by atoms with Crippen LogP contribution in [-0.2, 0) is 9.59 Å². The van der Waals surface area contributed by atoms with E-state index >= 15 is 0 Å². The standard InChI is InChI=1S/C9H15N3O2S/c1-5(2)10-9(15)12-4-7(13)11-8(14)6(12)3/h5-6H,4H2,1-3H3,(H,10,15)(H,11,13,14). The van der Waals surface area contributed by atoms with Crippen molar-refractivity contribution < 1.29 is 9.59 Å². The summed E-state index contributed by atoms with van der Waals surface area (Å²) in [6.45, 7) is 5.74. The second-order valence-corrected chi connectivity index (χ2v) is 4.21. The Balaban J connectivity index is 2.70. The Morgan fingerprint density at radius 1 is 1.60 bits per heavy atom. The molecule has 0 aromatic carbocycles. The maximum absolute atomic E-state index is 11.3. The van der Waals surface area contributed by atoms with Crippen molar-refractivity contribution in [2.24, 2.45) is 0 Å². The van der Waals surface area contributed by atoms with Crippen molar-refractivity contribution in [1.82, 2.24) is 15.5 Å². The predicted octanol–water partition coefficient (Wildman–Crippen LogP) is -0.384. The molecule has 0 bridgehead atoms. The quantitative estimate of drug-likeness (QED) is 0.474. The molecule has 0 aliphatic carbocycles. The number of thiocarbonyl (C=S) groups is 1. The lowest BCUT2D eigenvalue weighted by molar-refractivity contribution is -0.137. The van der Waals surface area contributed by atoms with E-state index in [0.717, 1.165) is 0 Å². The lowest BCUT2D eigenvalue weighted by Gasteiger charge is -2.34. The van der Waals surface area contributed by atoms with E-state index in [9.17, 15) is 9.59 Å². The molecule has 1 saturated heterocycles. The van der Waals surface area contributed by atoms with Crippen molar-refractivity contribution in [1.29, 1.82) is 0 Å². The number of nitrogens with one attached hydrogen (secondary N) is 2. The number of imide groups is 1. The van der Waals surface area contributed by atoms with Gasteiger partial charge in [0, 0.05) is 6.04 Å². The van der Waals surface area contributed by atoms with Gasteiger partial charge in [-0.15, -0.1) is 0 Å². The number of hydrogen-bond acceptors (Lipinski definition) is 3. The summed E-state index contributed by atoms with van der Waals surface area (Å²) in [5.41, 5.74) is 0. The molecule has 1 aliphatic heterocycles. The third kappa shape index (κ3) is 2.89. The van der Waals surface area contributed by atoms with Gasteiger partial charge < -0.3 is 10.2 Å². The van der Waals surface area contributed by atoms with E-state index in [1.165, 1.54) is 0 Å². The first-order valence-corrected chi connectivity index (χ1v) is 5.23. The van der Waals surface area contributed by atoms with Gasteiger partial charge in [0.1, 0.15) is 12.6 Å². The summed E-state index contributed by atoms with van der Waals surface area (Å²) < 4.78 is 0. The van der Waals surface area contributed by atoms with Crippen LogP contribution < -0.4 is 10.6 Å². The van der Waals surface area contributed by atoms with Crippen LogP contribution in [0.4, 0.5) is 0 Å². The van der Waals surface area contributed by atoms with Crippen molar-refractivity contribution in [2.45, 2.75) is 32.9 Å². The minimum absolute atomic E-state index is 0.130. The van der Waals surface area contributed by atoms with Crippen LogP contribution >= 0.6 is 12.2 Å². The molecule has 1 aliphatic rings. The number of rotatable bonds is 1. The monoisotopic (exact) mass is 229 g/mol. The van der Waals surface area contributed by atoms with Gasteiger partial charge in [0.05, 0.1) is 0 Å². The zero-order valence-corrected chi connectivity index (χ0v) is 9.85. The molecule has 2 N–H and O–H groups in total. The van der Waals surface area contributed by atoms with Gasteiger partial charge in [-0.3, -0.25) is 14.9 Å². The Bertz CT molecular complexity index is 304. The maximum Gasteiger partial charge on any atom is 0.249 e. The average Bonchev–Trinajstić information content (AvgIpc) is 2.09. The van der Waals surface area contributed by atoms with Crippen LogP contribution in [0.2, 0.25) is 0 Å². The minimum Gasteiger partial charge on any atom is -0.360 e. The van der Waals surface area contributed by atoms with Crippen LogP contribution in [0.25, 0.3) is 0 Å². The van der Waals surface area contributed by atoms with Gasteiger partial charge in [0.25, 0.3) is 0 Å². The molecule has 1 unspecified atom stereocenters. The first kappa shape index (κ1) is 11.9. The number of carbonyl (C=O) groups is 2. The lowest BCUT2D eigenvalue weighted by atomic mass is 10.2. The molecular formula is C9H15N3O2S. The molecule has 0 saturated carbocycles. The lowest BCUT2D eigenvalue weighted by Crippen LogP contribution is -2.61. The molecule has 0 radical (unpaired) electrons. The van der Waals surface area contributed by atoms with Crippen molar-refractivity contribution in [3.63, 3.8) is 0 Å². The summed E-state index contributed by atoms with van der Waals surface area (Å²) in [4.78, 5) is 24.1. The Morgan fingerprint density at radius 3 is 2.73 bits per heavy atom. The fourth-order valence-corrected chi connectivity index (χ4v) is 1.75. The van der Waals surface area contributed by atoms with Gasteiger partial charge in [-0.2, -0.15) is 0 Å². The highest BCUT2D eigenvalue weighted by Gasteiger charge is 2.31. The highest BCUT2D eigenvalue weighted by Crippen LogP contribution is 2.05. The second-order valence-electron chi connectivity index (χ2n) is 3.82. The van der Waals surface area contributed by atoms with Gasteiger partial charge in [0.15, 0.2) is 5.11 Å². The van der Waals surface area contributed by atoms with E-state index in [4.69, 9.17) is 12.2 Å². The van der Waals surface area contributed by atoms with Gasteiger partial charge in [0.2, 0.25) is 11.8 Å². The molecule has 15 heavy (non-hydrogen) atoms. The summed E-state index contributed by atoms with van der Waals surface area (Å²) in [5.74, 6) is -0.620. The van der Waals surface area contributed by atoms with Gasteiger partial charge in [-0.05, 0) is 33.0 Å². The van der Waals surface area contributed by atoms with E-state index in [1.807, 2.05) is 13.8 Å². The number of hydrogen-bond donors (Lipinski definition) is 2. The molecule has 2 amide bonds. The van der Waals surface area contributed by atoms with Crippen LogP contribution in [0, 0.1) is 0 Å². The Hall–Kier alpha value is -1.17. The Labute approximate surface area is 94.2 Å². The molecule has 1 heterocycles. The largest absolute Gasteiger partial charge is 0.360 e. The summed E-state index contributed by atoms with van der Waals surface area (Å²) in [7, 11) is 0. The van der Waals surface area contributed by atoms with Crippen molar-refractivity contribution in [2.75, 3.05) is 6.54 Å². The van der Waals surface area contributed by atoms with E-state index in [-0.39, 0.29) is 24.4 Å². The van der Waals surface area contributed by atoms with Crippen molar-refractivity contribution in [3.8, 4) is 0 Å². The second kappa shape index (κ2) is 4.57. The highest BCUT2D eigenvalue weighted by atomic mass is 32.1. The van der Waals surface area contributed by atoms with Crippen LogP contribution in [0.5, 0.6) is 0 Å². The normalized spacial score (nSPS) is 21.6. The molecule has 1 fully saturated rings. The Kier molecular flexibility index (Phi) is 3.62. The fourth-order valence-electron chi connectivity index (χ4n) is 1.29. The molecule has 0 aromatic heterocycles. The zero-order valence-electron chi connectivity index (χ0n) is 9.03. The minimum atomic E-state index is -0.401. The van der Waals surface area contributed by atoms with E-state index in [0.29, 0.717) is 5.11 Å². The van der Waals surface area contributed by atoms with Crippen LogP contribution in [0.3, 0.4) is 0 Å². The molecule has 0 spiro atoms. The SMILES string of the molecule is CC(C)NC(=S)N1CC(=O)NC(=O)C1C. The first-order valence-electron chi connectivity index (χ1n) is 4.82. The summed E-state index contributed by atoms with van der Waals surface area (Å²) in [6, 6.07) is -0.216. The van der Waals surface area contributed by atoms with Crippen molar-refractivity contribution in [3.05, 3.63) is 0 Å². The highest BCUT2D eigenvalue weighted by molar-refractivity contribution is 7.80. The van der Waals surface area contributed by atoms with Crippen LogP contribution in [-0.4, -0.2) is 40.5 Å². The van der Waals surface area contributed by atoms with Crippen molar-refractivity contribution >= 4 is 29.1 Å². The molecule has 84 valence electrons. The van der Waals surface area contributed by atoms with E-state index < -0.39 is 6.04 Å². The smallest absolute Gasteiger partial charge is 0.249 e. The predicted molar refractivity (Wildman–Crippen MR) is 60.2 cm³/mol. The fraction of sp³-hybridized carbons (Fsp3) is 0.667. The summed E-state index contributed by atoms with van der Waals surface area (Å²) in [5, 5.41) is 5.71. The molecule has 1 atom stereocenters. The van der Waals surface area contributed by atoms with Gasteiger partial charge >= 0.3 is 0 Å². The summed E-state index contributed by atoms with van der Waals surface area (Å²) in [6.07, 6.45) is 0. The van der Waals surface area contributed by atoms with Gasteiger partial charge in [-0.1, -0.05) is 0 Å². The number of nitrogens with zero attached hydrogens (tertiary/aromatic N) is 1. The van der Waals surface area contributed by atoms with Gasteiger partial charge in [-0.25, -0.2) is 0 Å². The molecular weight excluding hydrogens is 214 g/mol. The van der Waals surface area contributed by atoms with E-state index in [2.05, 4.69) is 10.6 Å².